The molecule has 0 spiro atoms. The highest BCUT2D eigenvalue weighted by Gasteiger charge is 2.48. The monoisotopic (exact) mass is 290 g/mol. The number of hydrogen-bond acceptors (Lipinski definition) is 2. The van der Waals surface area contributed by atoms with Crippen LogP contribution < -0.4 is 0 Å². The lowest BCUT2D eigenvalue weighted by Crippen LogP contribution is -2.31. The third kappa shape index (κ3) is 3.09. The van der Waals surface area contributed by atoms with Crippen LogP contribution in [0.4, 0.5) is 0 Å². The molecule has 2 fully saturated rings. The van der Waals surface area contributed by atoms with Crippen molar-refractivity contribution in [1.29, 1.82) is 0 Å². The number of rotatable bonds is 1. The van der Waals surface area contributed by atoms with Gasteiger partial charge in [-0.25, -0.2) is 0 Å². The Morgan fingerprint density at radius 2 is 1.06 bits per heavy atom. The van der Waals surface area contributed by atoms with Crippen molar-refractivity contribution in [3.8, 4) is 0 Å². The Morgan fingerprint density at radius 1 is 0.722 bits per heavy atom. The van der Waals surface area contributed by atoms with Crippen LogP contribution in [0.25, 0.3) is 0 Å². The molecule has 2 nitrogen and oxygen atoms in total. The molecule has 0 saturated carbocycles. The van der Waals surface area contributed by atoms with E-state index in [1.165, 1.54) is 12.3 Å². The Morgan fingerprint density at radius 3 is 1.33 bits per heavy atom. The van der Waals surface area contributed by atoms with E-state index in [2.05, 4.69) is 41.5 Å². The van der Waals surface area contributed by atoms with Crippen LogP contribution in [0.15, 0.2) is 0 Å². The first kappa shape index (κ1) is 15.2. The Hall–Kier alpha value is 0.780. The second-order valence-corrected chi connectivity index (χ2v) is 13.7. The van der Waals surface area contributed by atoms with Gasteiger partial charge in [-0.05, 0) is 22.6 Å². The maximum atomic E-state index is 6.12. The normalized spacial score (nSPS) is 38.3. The molecular formula is C14H28O2P2. The van der Waals surface area contributed by atoms with Crippen molar-refractivity contribution in [2.45, 2.75) is 63.5 Å². The third-order valence-electron chi connectivity index (χ3n) is 3.82. The minimum absolute atomic E-state index is 0.0654. The van der Waals surface area contributed by atoms with Crippen molar-refractivity contribution >= 4 is 15.8 Å². The lowest BCUT2D eigenvalue weighted by Gasteiger charge is -2.39. The lowest BCUT2D eigenvalue weighted by molar-refractivity contribution is 0.0349. The lowest BCUT2D eigenvalue weighted by atomic mass is 10.3. The average Bonchev–Trinajstić information content (AvgIpc) is 2.83. The SMILES string of the molecule is CC(C)(C)[P@@]1CCO[C@@H]1[C@H]1OCC[P@]1C(C)(C)C. The van der Waals surface area contributed by atoms with E-state index in [0.29, 0.717) is 22.0 Å². The van der Waals surface area contributed by atoms with E-state index in [4.69, 9.17) is 9.47 Å². The summed E-state index contributed by atoms with van der Waals surface area (Å²) >= 11 is 0. The second-order valence-electron chi connectivity index (χ2n) is 7.25. The molecule has 2 heterocycles. The fourth-order valence-corrected chi connectivity index (χ4v) is 9.19. The fourth-order valence-electron chi connectivity index (χ4n) is 2.88. The van der Waals surface area contributed by atoms with Gasteiger partial charge in [-0.3, -0.25) is 0 Å². The van der Waals surface area contributed by atoms with E-state index in [9.17, 15) is 0 Å². The molecule has 2 rings (SSSR count). The van der Waals surface area contributed by atoms with Crippen LogP contribution in [0.5, 0.6) is 0 Å². The molecule has 2 aliphatic heterocycles. The Labute approximate surface area is 115 Å². The van der Waals surface area contributed by atoms with Crippen LogP contribution in [-0.4, -0.2) is 47.5 Å². The Kier molecular flexibility index (Phi) is 4.45. The van der Waals surface area contributed by atoms with Gasteiger partial charge in [0.1, 0.15) is 11.7 Å². The van der Waals surface area contributed by atoms with Gasteiger partial charge in [-0.15, -0.1) is 0 Å². The van der Waals surface area contributed by atoms with E-state index < -0.39 is 0 Å². The van der Waals surface area contributed by atoms with Crippen molar-refractivity contribution in [2.24, 2.45) is 0 Å². The average molecular weight is 290 g/mol. The summed E-state index contributed by atoms with van der Waals surface area (Å²) in [5.74, 6) is 0.792. The molecule has 0 aromatic carbocycles. The maximum absolute atomic E-state index is 6.12. The van der Waals surface area contributed by atoms with Crippen LogP contribution in [0.1, 0.15) is 41.5 Å². The summed E-state index contributed by atoms with van der Waals surface area (Å²) in [4.78, 5) is 0. The van der Waals surface area contributed by atoms with Crippen molar-refractivity contribution in [3.63, 3.8) is 0 Å². The zero-order valence-electron chi connectivity index (χ0n) is 12.7. The van der Waals surface area contributed by atoms with Gasteiger partial charge in [0.05, 0.1) is 13.2 Å². The summed E-state index contributed by atoms with van der Waals surface area (Å²) < 4.78 is 12.2. The molecule has 0 aliphatic carbocycles. The van der Waals surface area contributed by atoms with Crippen molar-refractivity contribution in [3.05, 3.63) is 0 Å². The summed E-state index contributed by atoms with van der Waals surface area (Å²) in [6, 6.07) is 0. The zero-order chi connectivity index (χ0) is 13.6. The van der Waals surface area contributed by atoms with Crippen LogP contribution >= 0.6 is 15.8 Å². The first-order chi connectivity index (χ1) is 8.21. The van der Waals surface area contributed by atoms with Crippen LogP contribution in [-0.2, 0) is 9.47 Å². The van der Waals surface area contributed by atoms with Crippen molar-refractivity contribution in [2.75, 3.05) is 25.5 Å². The molecule has 0 aromatic rings. The van der Waals surface area contributed by atoms with Gasteiger partial charge < -0.3 is 9.47 Å². The minimum Gasteiger partial charge on any atom is -0.370 e. The van der Waals surface area contributed by atoms with E-state index in [1.807, 2.05) is 0 Å². The predicted octanol–water partition coefficient (Wildman–Crippen LogP) is 4.26. The molecule has 0 radical (unpaired) electrons. The molecule has 4 atom stereocenters. The molecule has 0 amide bonds. The molecule has 18 heavy (non-hydrogen) atoms. The quantitative estimate of drug-likeness (QED) is 0.672. The summed E-state index contributed by atoms with van der Waals surface area (Å²) in [6.07, 6.45) is 2.52. The van der Waals surface area contributed by atoms with E-state index >= 15 is 0 Å². The maximum Gasteiger partial charge on any atom is 0.107 e. The summed E-state index contributed by atoms with van der Waals surface area (Å²) in [6.45, 7) is 16.1. The number of ether oxygens (including phenoxy) is 2. The largest absolute Gasteiger partial charge is 0.370 e. The van der Waals surface area contributed by atoms with E-state index in [-0.39, 0.29) is 15.8 Å². The molecule has 4 heteroatoms. The zero-order valence-corrected chi connectivity index (χ0v) is 14.5. The molecule has 2 saturated heterocycles. The van der Waals surface area contributed by atoms with Crippen LogP contribution in [0, 0.1) is 0 Å². The third-order valence-corrected chi connectivity index (χ3v) is 10.9. The fraction of sp³-hybridized carbons (Fsp3) is 1.00. The van der Waals surface area contributed by atoms with E-state index in [0.717, 1.165) is 13.2 Å². The van der Waals surface area contributed by atoms with Gasteiger partial charge in [0.25, 0.3) is 0 Å². The first-order valence-electron chi connectivity index (χ1n) is 6.98. The number of hydrogen-bond donors (Lipinski definition) is 0. The Balaban J connectivity index is 2.15. The first-order valence-corrected chi connectivity index (χ1v) is 10.2. The minimum atomic E-state index is -0.0654. The topological polar surface area (TPSA) is 18.5 Å². The molecular weight excluding hydrogens is 262 g/mol. The highest BCUT2D eigenvalue weighted by molar-refractivity contribution is 7.64. The standard InChI is InChI=1S/C14H28O2P2/c1-13(2,3)17-9-7-15-11(17)12-16-8-10-18(12)14(4,5)6/h11-12H,7-10H2,1-6H3/t11-,12-,17-,18-/m0/s1. The smallest absolute Gasteiger partial charge is 0.107 e. The second kappa shape index (κ2) is 5.28. The molecule has 2 aliphatic rings. The molecule has 0 unspecified atom stereocenters. The molecule has 0 bridgehead atoms. The van der Waals surface area contributed by atoms with Crippen molar-refractivity contribution in [1.82, 2.24) is 0 Å². The predicted molar refractivity (Wildman–Crippen MR) is 82.6 cm³/mol. The highest BCUT2D eigenvalue weighted by atomic mass is 31.1. The van der Waals surface area contributed by atoms with Gasteiger partial charge in [0.2, 0.25) is 0 Å². The molecule has 0 aromatic heterocycles. The van der Waals surface area contributed by atoms with Gasteiger partial charge >= 0.3 is 0 Å². The summed E-state index contributed by atoms with van der Waals surface area (Å²) in [7, 11) is -0.131. The van der Waals surface area contributed by atoms with Crippen molar-refractivity contribution < 1.29 is 9.47 Å². The van der Waals surface area contributed by atoms with E-state index in [1.54, 1.807) is 0 Å². The molecule has 106 valence electrons. The van der Waals surface area contributed by atoms with Crippen LogP contribution in [0.3, 0.4) is 0 Å². The Bertz CT molecular complexity index is 263. The van der Waals surface area contributed by atoms with Gasteiger partial charge in [-0.2, -0.15) is 0 Å². The molecule has 0 N–H and O–H groups in total. The summed E-state index contributed by atoms with van der Waals surface area (Å²) in [5.41, 5.74) is 0. The van der Waals surface area contributed by atoms with Gasteiger partial charge in [0, 0.05) is 0 Å². The van der Waals surface area contributed by atoms with Gasteiger partial charge in [0.15, 0.2) is 0 Å². The summed E-state index contributed by atoms with van der Waals surface area (Å²) in [5, 5.41) is 0.780. The van der Waals surface area contributed by atoms with Gasteiger partial charge in [-0.1, -0.05) is 57.4 Å². The highest BCUT2D eigenvalue weighted by Crippen LogP contribution is 2.67. The van der Waals surface area contributed by atoms with Crippen LogP contribution in [0.2, 0.25) is 0 Å².